The van der Waals surface area contributed by atoms with Crippen molar-refractivity contribution in [2.45, 2.75) is 6.92 Å². The third-order valence-corrected chi connectivity index (χ3v) is 5.08. The maximum atomic E-state index is 9.81. The third-order valence-electron chi connectivity index (χ3n) is 0.758. The minimum absolute atomic E-state index is 0.200. The van der Waals surface area contributed by atoms with Crippen LogP contribution in [0.5, 0.6) is 0 Å². The van der Waals surface area contributed by atoms with Gasteiger partial charge in [-0.2, -0.15) is 0 Å². The van der Waals surface area contributed by atoms with Crippen molar-refractivity contribution >= 4 is 19.8 Å². The van der Waals surface area contributed by atoms with Gasteiger partial charge in [0.25, 0.3) is 0 Å². The first kappa shape index (κ1) is 8.13. The molecule has 0 saturated carbocycles. The van der Waals surface area contributed by atoms with Gasteiger partial charge < -0.3 is 0 Å². The van der Waals surface area contributed by atoms with Gasteiger partial charge in [-0.1, -0.05) is 0 Å². The zero-order valence-electron chi connectivity index (χ0n) is 5.06. The Morgan fingerprint density at radius 2 is 2.25 bits per heavy atom. The summed E-state index contributed by atoms with van der Waals surface area (Å²) in [5.41, 5.74) is 0. The van der Waals surface area contributed by atoms with Gasteiger partial charge in [0.15, 0.2) is 0 Å². The number of alkyl halides is 3. The molecular weight excluding hydrogens is 221 g/mol. The van der Waals surface area contributed by atoms with Crippen molar-refractivity contribution in [3.8, 4) is 0 Å². The Balaban J connectivity index is 3.24. The first-order valence-electron chi connectivity index (χ1n) is 2.30. The molecule has 0 aliphatic heterocycles. The van der Waals surface area contributed by atoms with Crippen LogP contribution in [0.25, 0.3) is 0 Å². The quantitative estimate of drug-likeness (QED) is 0.242. The molecule has 4 heteroatoms. The van der Waals surface area contributed by atoms with E-state index in [1.807, 2.05) is 11.9 Å². The molecule has 0 aliphatic carbocycles. The van der Waals surface area contributed by atoms with Crippen molar-refractivity contribution < 1.29 is 4.92 Å². The van der Waals surface area contributed by atoms with Crippen LogP contribution in [-0.2, 0) is 0 Å². The Hall–Kier alpha value is 0.130. The van der Waals surface area contributed by atoms with Crippen molar-refractivity contribution in [1.82, 2.24) is 0 Å². The predicted octanol–water partition coefficient (Wildman–Crippen LogP) is 1.38. The van der Waals surface area contributed by atoms with Gasteiger partial charge in [-0.25, -0.2) is 0 Å². The number of hydrogen-bond donors (Lipinski definition) is 0. The van der Waals surface area contributed by atoms with Crippen molar-refractivity contribution in [3.05, 3.63) is 10.1 Å². The van der Waals surface area contributed by atoms with E-state index in [-0.39, 0.29) is 9.47 Å². The maximum absolute atomic E-state index is 9.81. The van der Waals surface area contributed by atoms with E-state index < -0.39 is 19.8 Å². The van der Waals surface area contributed by atoms with Crippen LogP contribution in [0.2, 0.25) is 0 Å². The number of nitro groups is 1. The summed E-state index contributed by atoms with van der Waals surface area (Å²) in [4.78, 5) is 11.6. The topological polar surface area (TPSA) is 43.1 Å². The average Bonchev–Trinajstić information content (AvgIpc) is 1.65. The summed E-state index contributed by atoms with van der Waals surface area (Å²) in [6, 6.07) is 0. The molecule has 0 bridgehead atoms. The Kier molecular flexibility index (Phi) is 4.12. The van der Waals surface area contributed by atoms with E-state index in [0.717, 1.165) is 4.43 Å². The van der Waals surface area contributed by atoms with Crippen LogP contribution in [0.3, 0.4) is 0 Å². The van der Waals surface area contributed by atoms with Crippen LogP contribution in [0.15, 0.2) is 0 Å². The summed E-state index contributed by atoms with van der Waals surface area (Å²) >= 11 is -1.09. The molecule has 0 aromatic rings. The second kappa shape index (κ2) is 4.05. The first-order chi connectivity index (χ1) is 3.66. The van der Waals surface area contributed by atoms with Gasteiger partial charge in [-0.05, 0) is 0 Å². The number of rotatable bonds is 3. The summed E-state index contributed by atoms with van der Waals surface area (Å²) in [7, 11) is 0. The van der Waals surface area contributed by atoms with Crippen molar-refractivity contribution in [2.24, 2.45) is 0 Å². The van der Waals surface area contributed by atoms with Crippen LogP contribution in [0, 0.1) is 10.1 Å². The minimum atomic E-state index is -1.09. The predicted molar refractivity (Wildman–Crippen MR) is 42.3 cm³/mol. The molecule has 50 valence electrons. The summed E-state index contributed by atoms with van der Waals surface area (Å²) in [5, 5.41) is 9.81. The van der Waals surface area contributed by atoms with Crippen molar-refractivity contribution in [1.29, 1.82) is 0 Å². The molecular formula is C4H10INO2. The van der Waals surface area contributed by atoms with E-state index in [1.54, 1.807) is 0 Å². The summed E-state index contributed by atoms with van der Waals surface area (Å²) in [6.45, 7) is 2.02. The molecule has 0 spiro atoms. The molecule has 0 heterocycles. The summed E-state index contributed by atoms with van der Waals surface area (Å²) in [5.74, 6) is 0. The Morgan fingerprint density at radius 3 is 2.38 bits per heavy atom. The number of nitrogens with zero attached hydrogens (tertiary/aromatic N) is 1. The molecule has 0 amide bonds. The Labute approximate surface area is 56.0 Å². The average molecular weight is 231 g/mol. The molecule has 0 aliphatic rings. The molecule has 0 atom stereocenters. The van der Waals surface area contributed by atoms with Crippen LogP contribution in [-0.4, -0.2) is 18.8 Å². The molecule has 0 aromatic carbocycles. The second-order valence-corrected chi connectivity index (χ2v) is 7.78. The number of hydrogen-bond acceptors (Lipinski definition) is 2. The van der Waals surface area contributed by atoms with E-state index in [9.17, 15) is 10.1 Å². The van der Waals surface area contributed by atoms with Gasteiger partial charge in [-0.3, -0.25) is 0 Å². The van der Waals surface area contributed by atoms with Gasteiger partial charge in [0.2, 0.25) is 0 Å². The molecule has 0 unspecified atom stereocenters. The van der Waals surface area contributed by atoms with Crippen LogP contribution in [0.4, 0.5) is 0 Å². The molecule has 3 nitrogen and oxygen atoms in total. The van der Waals surface area contributed by atoms with Gasteiger partial charge in [0.05, 0.1) is 0 Å². The van der Waals surface area contributed by atoms with Gasteiger partial charge in [0, 0.05) is 0 Å². The fourth-order valence-corrected chi connectivity index (χ4v) is 1.68. The second-order valence-electron chi connectivity index (χ2n) is 1.44. The fourth-order valence-electron chi connectivity index (χ4n) is 0.251. The molecule has 8 heavy (non-hydrogen) atoms. The molecule has 0 saturated heterocycles. The Morgan fingerprint density at radius 1 is 1.75 bits per heavy atom. The van der Waals surface area contributed by atoms with E-state index in [0.29, 0.717) is 0 Å². The monoisotopic (exact) mass is 231 g/mol. The SMILES string of the molecule is CCI(C)C[N+](=O)[O-]. The summed E-state index contributed by atoms with van der Waals surface area (Å²) < 4.78 is 1.31. The molecule has 0 aromatic heterocycles. The van der Waals surface area contributed by atoms with Crippen LogP contribution >= 0.6 is 19.8 Å². The van der Waals surface area contributed by atoms with E-state index in [1.165, 1.54) is 0 Å². The fraction of sp³-hybridized carbons (Fsp3) is 1.00. The van der Waals surface area contributed by atoms with Crippen LogP contribution < -0.4 is 0 Å². The van der Waals surface area contributed by atoms with Gasteiger partial charge in [0.1, 0.15) is 0 Å². The molecule has 0 rings (SSSR count). The van der Waals surface area contributed by atoms with Gasteiger partial charge in [-0.15, -0.1) is 0 Å². The summed E-state index contributed by atoms with van der Waals surface area (Å²) in [6.07, 6.45) is 0. The van der Waals surface area contributed by atoms with Crippen molar-refractivity contribution in [3.63, 3.8) is 0 Å². The molecule has 0 fully saturated rings. The zero-order chi connectivity index (χ0) is 6.57. The van der Waals surface area contributed by atoms with E-state index >= 15 is 0 Å². The zero-order valence-corrected chi connectivity index (χ0v) is 7.21. The standard InChI is InChI=1S/C4H10INO2/c1-3-5(2)4-6(7)8/h3-4H2,1-2H3. The molecule has 0 radical (unpaired) electrons. The normalized spacial score (nSPS) is 11.0. The third kappa shape index (κ3) is 4.29. The van der Waals surface area contributed by atoms with E-state index in [2.05, 4.69) is 0 Å². The Bertz CT molecular complexity index is 86.1. The van der Waals surface area contributed by atoms with Crippen molar-refractivity contribution in [2.75, 3.05) is 13.9 Å². The first-order valence-corrected chi connectivity index (χ1v) is 7.51. The van der Waals surface area contributed by atoms with Crippen LogP contribution in [0.1, 0.15) is 6.92 Å². The number of halogens is 1. The van der Waals surface area contributed by atoms with Gasteiger partial charge >= 0.3 is 55.7 Å². The van der Waals surface area contributed by atoms with E-state index in [4.69, 9.17) is 0 Å². The molecule has 0 N–H and O–H groups in total.